The predicted molar refractivity (Wildman–Crippen MR) is 97.6 cm³/mol. The molecule has 0 saturated carbocycles. The Morgan fingerprint density at radius 3 is 2.42 bits per heavy atom. The van der Waals surface area contributed by atoms with E-state index in [1.165, 1.54) is 0 Å². The van der Waals surface area contributed by atoms with Gasteiger partial charge in [-0.05, 0) is 59.7 Å². The van der Waals surface area contributed by atoms with Crippen molar-refractivity contribution in [1.29, 1.82) is 0 Å². The quantitative estimate of drug-likeness (QED) is 0.734. The van der Waals surface area contributed by atoms with Crippen molar-refractivity contribution in [2.45, 2.75) is 38.1 Å². The molecule has 0 aliphatic rings. The molecule has 0 aliphatic heterocycles. The molecule has 2 aromatic carbocycles. The lowest BCUT2D eigenvalue weighted by Gasteiger charge is -2.09. The van der Waals surface area contributed by atoms with Gasteiger partial charge in [-0.1, -0.05) is 32.0 Å². The lowest BCUT2D eigenvalue weighted by molar-refractivity contribution is 0.581. The number of aromatic nitrogens is 1. The van der Waals surface area contributed by atoms with Gasteiger partial charge in [-0.25, -0.2) is 13.1 Å². The third kappa shape index (κ3) is 3.52. The van der Waals surface area contributed by atoms with Crippen LogP contribution in [0.25, 0.3) is 10.9 Å². The molecular formula is C19H22N2O2S. The molecule has 0 bridgehead atoms. The van der Waals surface area contributed by atoms with Crippen molar-refractivity contribution in [2.75, 3.05) is 0 Å². The maximum Gasteiger partial charge on any atom is 0.240 e. The smallest absolute Gasteiger partial charge is 0.240 e. The van der Waals surface area contributed by atoms with E-state index in [-0.39, 0.29) is 6.54 Å². The lowest BCUT2D eigenvalue weighted by atomic mass is 10.0. The Hall–Kier alpha value is -2.11. The van der Waals surface area contributed by atoms with Crippen molar-refractivity contribution < 1.29 is 8.42 Å². The van der Waals surface area contributed by atoms with Crippen LogP contribution in [0.2, 0.25) is 0 Å². The Balaban J connectivity index is 1.75. The number of nitrogens with one attached hydrogen (secondary N) is 2. The second kappa shape index (κ2) is 6.42. The largest absolute Gasteiger partial charge is 0.359 e. The fourth-order valence-electron chi connectivity index (χ4n) is 2.73. The summed E-state index contributed by atoms with van der Waals surface area (Å²) in [6, 6.07) is 15.0. The highest BCUT2D eigenvalue weighted by atomic mass is 32.2. The Kier molecular flexibility index (Phi) is 4.47. The van der Waals surface area contributed by atoms with Crippen LogP contribution in [0, 0.1) is 6.92 Å². The summed E-state index contributed by atoms with van der Waals surface area (Å²) in [4.78, 5) is 3.56. The number of aromatic amines is 1. The van der Waals surface area contributed by atoms with E-state index in [1.54, 1.807) is 12.1 Å². The minimum Gasteiger partial charge on any atom is -0.359 e. The van der Waals surface area contributed by atoms with Gasteiger partial charge in [0.1, 0.15) is 0 Å². The number of benzene rings is 2. The van der Waals surface area contributed by atoms with Crippen LogP contribution in [0.3, 0.4) is 0 Å². The van der Waals surface area contributed by atoms with E-state index in [9.17, 15) is 8.42 Å². The second-order valence-electron chi connectivity index (χ2n) is 6.42. The van der Waals surface area contributed by atoms with Crippen molar-refractivity contribution in [2.24, 2.45) is 0 Å². The van der Waals surface area contributed by atoms with E-state index in [0.717, 1.165) is 27.7 Å². The number of sulfonamides is 1. The van der Waals surface area contributed by atoms with Crippen molar-refractivity contribution in [3.63, 3.8) is 0 Å². The van der Waals surface area contributed by atoms with Crippen molar-refractivity contribution >= 4 is 20.9 Å². The third-order valence-electron chi connectivity index (χ3n) is 4.14. The van der Waals surface area contributed by atoms with Gasteiger partial charge in [0.2, 0.25) is 10.0 Å². The number of hydrogen-bond donors (Lipinski definition) is 2. The third-order valence-corrected chi connectivity index (χ3v) is 5.56. The molecule has 24 heavy (non-hydrogen) atoms. The van der Waals surface area contributed by atoms with Crippen LogP contribution in [0.5, 0.6) is 0 Å². The van der Waals surface area contributed by atoms with Crippen LogP contribution in [0.15, 0.2) is 53.4 Å². The van der Waals surface area contributed by atoms with E-state index in [0.29, 0.717) is 10.8 Å². The number of hydrogen-bond acceptors (Lipinski definition) is 2. The predicted octanol–water partition coefficient (Wildman–Crippen LogP) is 4.08. The molecule has 0 spiro atoms. The molecule has 3 rings (SSSR count). The average Bonchev–Trinajstić information content (AvgIpc) is 2.92. The van der Waals surface area contributed by atoms with Crippen LogP contribution in [-0.2, 0) is 16.6 Å². The molecule has 5 heteroatoms. The molecule has 0 radical (unpaired) electrons. The maximum atomic E-state index is 12.4. The summed E-state index contributed by atoms with van der Waals surface area (Å²) in [6.45, 7) is 6.44. The number of fused-ring (bicyclic) bond motifs is 1. The summed E-state index contributed by atoms with van der Waals surface area (Å²) in [6.07, 6.45) is 0. The molecule has 0 aliphatic carbocycles. The summed E-state index contributed by atoms with van der Waals surface area (Å²) in [5, 5.41) is 1.09. The molecular weight excluding hydrogens is 320 g/mol. The van der Waals surface area contributed by atoms with Gasteiger partial charge in [-0.3, -0.25) is 0 Å². The minimum atomic E-state index is -3.51. The van der Waals surface area contributed by atoms with E-state index in [4.69, 9.17) is 0 Å². The first-order valence-electron chi connectivity index (χ1n) is 8.03. The number of H-pyrrole nitrogens is 1. The summed E-state index contributed by atoms with van der Waals surface area (Å²) in [5.74, 6) is 0.381. The van der Waals surface area contributed by atoms with Crippen LogP contribution in [0.4, 0.5) is 0 Å². The van der Waals surface area contributed by atoms with Gasteiger partial charge in [0.15, 0.2) is 0 Å². The molecule has 0 saturated heterocycles. The fraction of sp³-hybridized carbons (Fsp3) is 0.263. The monoisotopic (exact) mass is 342 g/mol. The van der Waals surface area contributed by atoms with Crippen molar-refractivity contribution in [1.82, 2.24) is 9.71 Å². The van der Waals surface area contributed by atoms with Gasteiger partial charge in [0, 0.05) is 17.8 Å². The molecule has 0 amide bonds. The molecule has 0 atom stereocenters. The van der Waals surface area contributed by atoms with Gasteiger partial charge in [-0.2, -0.15) is 0 Å². The number of aryl methyl sites for hydroxylation is 1. The minimum absolute atomic E-state index is 0.272. The SMILES string of the molecule is Cc1cc2cc(CNS(=O)(=O)c3ccc(C(C)C)cc3)ccc2[nH]1. The zero-order valence-electron chi connectivity index (χ0n) is 14.1. The second-order valence-corrected chi connectivity index (χ2v) is 8.19. The van der Waals surface area contributed by atoms with Gasteiger partial charge in [-0.15, -0.1) is 0 Å². The van der Waals surface area contributed by atoms with Crippen LogP contribution >= 0.6 is 0 Å². The standard InChI is InChI=1S/C19H22N2O2S/c1-13(2)16-5-7-18(8-6-16)24(22,23)20-12-15-4-9-19-17(11-15)10-14(3)21-19/h4-11,13,20-21H,12H2,1-3H3. The maximum absolute atomic E-state index is 12.4. The van der Waals surface area contributed by atoms with Gasteiger partial charge >= 0.3 is 0 Å². The van der Waals surface area contributed by atoms with Gasteiger partial charge in [0.25, 0.3) is 0 Å². The van der Waals surface area contributed by atoms with Crippen LogP contribution < -0.4 is 4.72 Å². The average molecular weight is 342 g/mol. The highest BCUT2D eigenvalue weighted by Gasteiger charge is 2.14. The van der Waals surface area contributed by atoms with Crippen LogP contribution in [-0.4, -0.2) is 13.4 Å². The Labute approximate surface area is 143 Å². The Bertz CT molecular complexity index is 955. The molecule has 1 heterocycles. The Morgan fingerprint density at radius 2 is 1.75 bits per heavy atom. The zero-order valence-corrected chi connectivity index (χ0v) is 14.9. The fourth-order valence-corrected chi connectivity index (χ4v) is 3.75. The molecule has 3 aromatic rings. The van der Waals surface area contributed by atoms with Crippen molar-refractivity contribution in [3.05, 3.63) is 65.4 Å². The molecule has 2 N–H and O–H groups in total. The zero-order chi connectivity index (χ0) is 17.3. The van der Waals surface area contributed by atoms with Gasteiger partial charge in [0.05, 0.1) is 4.90 Å². The summed E-state index contributed by atoms with van der Waals surface area (Å²) >= 11 is 0. The molecule has 0 unspecified atom stereocenters. The highest BCUT2D eigenvalue weighted by molar-refractivity contribution is 7.89. The van der Waals surface area contributed by atoms with E-state index in [1.807, 2.05) is 37.3 Å². The van der Waals surface area contributed by atoms with E-state index < -0.39 is 10.0 Å². The molecule has 4 nitrogen and oxygen atoms in total. The topological polar surface area (TPSA) is 62.0 Å². The number of rotatable bonds is 5. The normalized spacial score (nSPS) is 12.2. The Morgan fingerprint density at radius 1 is 1.04 bits per heavy atom. The highest BCUT2D eigenvalue weighted by Crippen LogP contribution is 2.19. The molecule has 1 aromatic heterocycles. The van der Waals surface area contributed by atoms with Crippen LogP contribution in [0.1, 0.15) is 36.6 Å². The van der Waals surface area contributed by atoms with E-state index in [2.05, 4.69) is 29.6 Å². The summed E-state index contributed by atoms with van der Waals surface area (Å²) in [5.41, 5.74) is 4.21. The van der Waals surface area contributed by atoms with E-state index >= 15 is 0 Å². The first-order chi connectivity index (χ1) is 11.3. The summed E-state index contributed by atoms with van der Waals surface area (Å²) in [7, 11) is -3.51. The van der Waals surface area contributed by atoms with Crippen molar-refractivity contribution in [3.8, 4) is 0 Å². The summed E-state index contributed by atoms with van der Waals surface area (Å²) < 4.78 is 27.5. The molecule has 0 fully saturated rings. The lowest BCUT2D eigenvalue weighted by Crippen LogP contribution is -2.23. The van der Waals surface area contributed by atoms with Gasteiger partial charge < -0.3 is 4.98 Å². The first-order valence-corrected chi connectivity index (χ1v) is 9.51. The molecule has 126 valence electrons. The first kappa shape index (κ1) is 16.7.